The maximum Gasteiger partial charge on any atom is 0.170 e. The number of thioether (sulfide) groups is 1. The van der Waals surface area contributed by atoms with E-state index in [0.717, 1.165) is 48.0 Å². The summed E-state index contributed by atoms with van der Waals surface area (Å²) in [4.78, 5) is 4.40. The zero-order valence-corrected chi connectivity index (χ0v) is 11.2. The van der Waals surface area contributed by atoms with Crippen LogP contribution in [-0.2, 0) is 6.42 Å². The third-order valence-electron chi connectivity index (χ3n) is 3.01. The van der Waals surface area contributed by atoms with Crippen LogP contribution in [0.25, 0.3) is 0 Å². The van der Waals surface area contributed by atoms with Crippen LogP contribution in [0.1, 0.15) is 44.9 Å². The van der Waals surface area contributed by atoms with Crippen molar-refractivity contribution in [3.8, 4) is 0 Å². The third-order valence-corrected chi connectivity index (χ3v) is 5.16. The van der Waals surface area contributed by atoms with Gasteiger partial charge in [-0.2, -0.15) is 4.37 Å². The Morgan fingerprint density at radius 2 is 2.12 bits per heavy atom. The van der Waals surface area contributed by atoms with E-state index in [1.165, 1.54) is 18.0 Å². The average molecular weight is 258 g/mol. The van der Waals surface area contributed by atoms with Gasteiger partial charge in [0.2, 0.25) is 0 Å². The minimum absolute atomic E-state index is 0.457. The Morgan fingerprint density at radius 1 is 1.38 bits per heavy atom. The highest BCUT2D eigenvalue weighted by Crippen LogP contribution is 2.33. The molecule has 0 aromatic carbocycles. The first kappa shape index (κ1) is 12.3. The summed E-state index contributed by atoms with van der Waals surface area (Å²) in [6.07, 6.45) is 6.37. The predicted octanol–water partition coefficient (Wildman–Crippen LogP) is 2.89. The summed E-state index contributed by atoms with van der Waals surface area (Å²) >= 11 is 3.11. The van der Waals surface area contributed by atoms with Crippen LogP contribution in [0.2, 0.25) is 0 Å². The van der Waals surface area contributed by atoms with Gasteiger partial charge < -0.3 is 5.11 Å². The lowest BCUT2D eigenvalue weighted by molar-refractivity contribution is 0.0273. The molecular formula is C11H18N2OS2. The SMILES string of the molecule is CCc1nsc(SCC2(O)CCCCC2)n1. The second kappa shape index (κ2) is 5.47. The van der Waals surface area contributed by atoms with E-state index in [-0.39, 0.29) is 0 Å². The van der Waals surface area contributed by atoms with Crippen LogP contribution in [0.4, 0.5) is 0 Å². The summed E-state index contributed by atoms with van der Waals surface area (Å²) in [5.41, 5.74) is -0.457. The largest absolute Gasteiger partial charge is 0.389 e. The van der Waals surface area contributed by atoms with Crippen LogP contribution in [0, 0.1) is 0 Å². The number of aryl methyl sites for hydroxylation is 1. The molecule has 0 amide bonds. The molecule has 2 rings (SSSR count). The van der Waals surface area contributed by atoms with E-state index >= 15 is 0 Å². The summed E-state index contributed by atoms with van der Waals surface area (Å²) in [5, 5.41) is 10.3. The number of hydrogen-bond acceptors (Lipinski definition) is 5. The minimum Gasteiger partial charge on any atom is -0.389 e. The molecule has 1 saturated carbocycles. The molecule has 1 heterocycles. The van der Waals surface area contributed by atoms with Crippen molar-refractivity contribution in [3.63, 3.8) is 0 Å². The lowest BCUT2D eigenvalue weighted by atomic mass is 9.86. The van der Waals surface area contributed by atoms with Crippen LogP contribution in [0.3, 0.4) is 0 Å². The van der Waals surface area contributed by atoms with Crippen LogP contribution in [0.15, 0.2) is 4.34 Å². The van der Waals surface area contributed by atoms with Crippen molar-refractivity contribution in [2.75, 3.05) is 5.75 Å². The molecular weight excluding hydrogens is 240 g/mol. The molecule has 0 unspecified atom stereocenters. The molecule has 5 heteroatoms. The van der Waals surface area contributed by atoms with Crippen molar-refractivity contribution in [1.29, 1.82) is 0 Å². The van der Waals surface area contributed by atoms with Crippen LogP contribution < -0.4 is 0 Å². The Labute approximate surface area is 105 Å². The van der Waals surface area contributed by atoms with Gasteiger partial charge in [-0.25, -0.2) is 4.98 Å². The Hall–Kier alpha value is -0.130. The van der Waals surface area contributed by atoms with Gasteiger partial charge in [0.05, 0.1) is 5.60 Å². The normalized spacial score (nSPS) is 19.9. The van der Waals surface area contributed by atoms with Crippen LogP contribution >= 0.6 is 23.3 Å². The fourth-order valence-electron chi connectivity index (χ4n) is 1.99. The lowest BCUT2D eigenvalue weighted by Gasteiger charge is -2.31. The van der Waals surface area contributed by atoms with Crippen molar-refractivity contribution in [2.24, 2.45) is 0 Å². The van der Waals surface area contributed by atoms with Gasteiger partial charge in [-0.15, -0.1) is 0 Å². The van der Waals surface area contributed by atoms with Gasteiger partial charge in [-0.1, -0.05) is 37.9 Å². The molecule has 1 aromatic heterocycles. The summed E-state index contributed by atoms with van der Waals surface area (Å²) < 4.78 is 5.25. The first-order valence-electron chi connectivity index (χ1n) is 5.90. The number of aromatic nitrogens is 2. The summed E-state index contributed by atoms with van der Waals surface area (Å²) in [6.45, 7) is 2.06. The van der Waals surface area contributed by atoms with Gasteiger partial charge in [0, 0.05) is 12.2 Å². The Kier molecular flexibility index (Phi) is 4.21. The van der Waals surface area contributed by atoms with E-state index < -0.39 is 5.60 Å². The zero-order chi connectivity index (χ0) is 11.4. The smallest absolute Gasteiger partial charge is 0.170 e. The Morgan fingerprint density at radius 3 is 2.75 bits per heavy atom. The monoisotopic (exact) mass is 258 g/mol. The van der Waals surface area contributed by atoms with E-state index in [0.29, 0.717) is 0 Å². The first-order chi connectivity index (χ1) is 7.72. The molecule has 1 aromatic rings. The predicted molar refractivity (Wildman–Crippen MR) is 68.0 cm³/mol. The van der Waals surface area contributed by atoms with E-state index in [1.54, 1.807) is 11.8 Å². The maximum atomic E-state index is 10.3. The molecule has 0 saturated heterocycles. The van der Waals surface area contributed by atoms with Crippen molar-refractivity contribution < 1.29 is 5.11 Å². The van der Waals surface area contributed by atoms with Crippen LogP contribution in [0.5, 0.6) is 0 Å². The molecule has 0 radical (unpaired) electrons. The number of nitrogens with zero attached hydrogens (tertiary/aromatic N) is 2. The highest BCUT2D eigenvalue weighted by Gasteiger charge is 2.29. The molecule has 1 aliphatic rings. The first-order valence-corrected chi connectivity index (χ1v) is 7.65. The highest BCUT2D eigenvalue weighted by atomic mass is 32.2. The highest BCUT2D eigenvalue weighted by molar-refractivity contribution is 8.01. The average Bonchev–Trinajstić information content (AvgIpc) is 2.75. The number of aliphatic hydroxyl groups is 1. The molecule has 0 spiro atoms. The van der Waals surface area contributed by atoms with Gasteiger partial charge in [-0.3, -0.25) is 0 Å². The molecule has 16 heavy (non-hydrogen) atoms. The van der Waals surface area contributed by atoms with Gasteiger partial charge in [0.1, 0.15) is 5.82 Å². The molecule has 1 aliphatic carbocycles. The third kappa shape index (κ3) is 3.18. The van der Waals surface area contributed by atoms with Crippen molar-refractivity contribution in [2.45, 2.75) is 55.4 Å². The van der Waals surface area contributed by atoms with E-state index in [1.807, 2.05) is 0 Å². The van der Waals surface area contributed by atoms with Crippen molar-refractivity contribution in [3.05, 3.63) is 5.82 Å². The summed E-state index contributed by atoms with van der Waals surface area (Å²) in [7, 11) is 0. The molecule has 1 N–H and O–H groups in total. The molecule has 0 bridgehead atoms. The van der Waals surface area contributed by atoms with Gasteiger partial charge in [-0.05, 0) is 24.4 Å². The van der Waals surface area contributed by atoms with Gasteiger partial charge in [0.25, 0.3) is 0 Å². The second-order valence-corrected chi connectivity index (χ2v) is 6.38. The van der Waals surface area contributed by atoms with Crippen molar-refractivity contribution in [1.82, 2.24) is 9.36 Å². The van der Waals surface area contributed by atoms with E-state index in [4.69, 9.17) is 0 Å². The van der Waals surface area contributed by atoms with Crippen LogP contribution in [-0.4, -0.2) is 25.8 Å². The second-order valence-electron chi connectivity index (χ2n) is 4.40. The number of hydrogen-bond donors (Lipinski definition) is 1. The van der Waals surface area contributed by atoms with Crippen molar-refractivity contribution >= 4 is 23.3 Å². The summed E-state index contributed by atoms with van der Waals surface area (Å²) in [5.74, 6) is 1.69. The Bertz CT molecular complexity index is 334. The molecule has 0 aliphatic heterocycles. The summed E-state index contributed by atoms with van der Waals surface area (Å²) in [6, 6.07) is 0. The topological polar surface area (TPSA) is 46.0 Å². The molecule has 90 valence electrons. The Balaban J connectivity index is 1.86. The molecule has 1 fully saturated rings. The zero-order valence-electron chi connectivity index (χ0n) is 9.61. The molecule has 0 atom stereocenters. The van der Waals surface area contributed by atoms with Gasteiger partial charge in [0.15, 0.2) is 4.34 Å². The van der Waals surface area contributed by atoms with E-state index in [9.17, 15) is 5.11 Å². The minimum atomic E-state index is -0.457. The van der Waals surface area contributed by atoms with E-state index in [2.05, 4.69) is 16.3 Å². The lowest BCUT2D eigenvalue weighted by Crippen LogP contribution is -2.33. The maximum absolute atomic E-state index is 10.3. The molecule has 3 nitrogen and oxygen atoms in total. The fraction of sp³-hybridized carbons (Fsp3) is 0.818. The van der Waals surface area contributed by atoms with Gasteiger partial charge >= 0.3 is 0 Å². The standard InChI is InChI=1S/C11H18N2OS2/c1-2-9-12-10(16-13-9)15-8-11(14)6-4-3-5-7-11/h14H,2-8H2,1H3. The number of rotatable bonds is 4. The quantitative estimate of drug-likeness (QED) is 0.844. The fourth-order valence-corrected chi connectivity index (χ4v) is 3.84.